The first-order valence-corrected chi connectivity index (χ1v) is 3.81. The molecule has 0 amide bonds. The standard InChI is InChI=1S/C5H7BrF2O/c6-2-4-1-5(7,8)3-9-4/h4H,1-3H2/t4-/m1/s1. The second kappa shape index (κ2) is 2.50. The lowest BCUT2D eigenvalue weighted by atomic mass is 10.2. The molecule has 0 aromatic heterocycles. The fourth-order valence-corrected chi connectivity index (χ4v) is 1.21. The molecule has 1 aliphatic heterocycles. The van der Waals surface area contributed by atoms with Gasteiger partial charge in [-0.25, -0.2) is 8.78 Å². The molecule has 1 rings (SSSR count). The van der Waals surface area contributed by atoms with Gasteiger partial charge in [0.15, 0.2) is 0 Å². The molecule has 0 aromatic carbocycles. The van der Waals surface area contributed by atoms with Crippen LogP contribution in [0.2, 0.25) is 0 Å². The molecule has 0 N–H and O–H groups in total. The second-order valence-corrected chi connectivity index (χ2v) is 2.79. The number of alkyl halides is 3. The van der Waals surface area contributed by atoms with Gasteiger partial charge in [-0.1, -0.05) is 15.9 Å². The van der Waals surface area contributed by atoms with E-state index in [1.54, 1.807) is 0 Å². The summed E-state index contributed by atoms with van der Waals surface area (Å²) in [6, 6.07) is 0. The van der Waals surface area contributed by atoms with Crippen molar-refractivity contribution in [2.75, 3.05) is 11.9 Å². The highest BCUT2D eigenvalue weighted by atomic mass is 79.9. The molecule has 1 saturated heterocycles. The molecule has 0 aliphatic carbocycles. The topological polar surface area (TPSA) is 9.23 Å². The summed E-state index contributed by atoms with van der Waals surface area (Å²) in [5.41, 5.74) is 0. The molecule has 1 atom stereocenters. The van der Waals surface area contributed by atoms with Crippen LogP contribution in [-0.4, -0.2) is 24.0 Å². The summed E-state index contributed by atoms with van der Waals surface area (Å²) in [6.45, 7) is -0.413. The van der Waals surface area contributed by atoms with Gasteiger partial charge in [0.05, 0.1) is 6.10 Å². The molecule has 0 saturated carbocycles. The molecule has 1 aliphatic rings. The number of rotatable bonds is 1. The van der Waals surface area contributed by atoms with Crippen molar-refractivity contribution in [3.8, 4) is 0 Å². The summed E-state index contributed by atoms with van der Waals surface area (Å²) in [5, 5.41) is 0.503. The smallest absolute Gasteiger partial charge is 0.273 e. The molecule has 1 heterocycles. The SMILES string of the molecule is FC1(F)CO[C@@H](CBr)C1. The van der Waals surface area contributed by atoms with Crippen molar-refractivity contribution in [2.24, 2.45) is 0 Å². The minimum atomic E-state index is -2.58. The van der Waals surface area contributed by atoms with Crippen molar-refractivity contribution >= 4 is 15.9 Å². The summed E-state index contributed by atoms with van der Waals surface area (Å²) in [5.74, 6) is -2.58. The van der Waals surface area contributed by atoms with Crippen molar-refractivity contribution in [2.45, 2.75) is 18.4 Å². The fraction of sp³-hybridized carbons (Fsp3) is 1.00. The summed E-state index contributed by atoms with van der Waals surface area (Å²) < 4.78 is 29.2. The van der Waals surface area contributed by atoms with Crippen LogP contribution in [-0.2, 0) is 4.74 Å². The lowest BCUT2D eigenvalue weighted by molar-refractivity contribution is -0.00932. The first-order valence-electron chi connectivity index (χ1n) is 2.69. The predicted octanol–water partition coefficient (Wildman–Crippen LogP) is 1.81. The zero-order valence-corrected chi connectivity index (χ0v) is 6.33. The van der Waals surface area contributed by atoms with Crippen molar-refractivity contribution < 1.29 is 13.5 Å². The molecule has 0 aromatic rings. The van der Waals surface area contributed by atoms with Crippen molar-refractivity contribution in [1.82, 2.24) is 0 Å². The van der Waals surface area contributed by atoms with E-state index in [4.69, 9.17) is 4.74 Å². The Balaban J connectivity index is 2.38. The van der Waals surface area contributed by atoms with Gasteiger partial charge in [0.1, 0.15) is 6.61 Å². The number of hydrogen-bond acceptors (Lipinski definition) is 1. The van der Waals surface area contributed by atoms with Crippen LogP contribution >= 0.6 is 15.9 Å². The number of ether oxygens (including phenoxy) is 1. The quantitative estimate of drug-likeness (QED) is 0.587. The largest absolute Gasteiger partial charge is 0.371 e. The second-order valence-electron chi connectivity index (χ2n) is 2.15. The molecular formula is C5H7BrF2O. The highest BCUT2D eigenvalue weighted by Crippen LogP contribution is 2.29. The van der Waals surface area contributed by atoms with Gasteiger partial charge in [-0.3, -0.25) is 0 Å². The third kappa shape index (κ3) is 1.86. The zero-order chi connectivity index (χ0) is 6.91. The van der Waals surface area contributed by atoms with Gasteiger partial charge in [0.25, 0.3) is 5.92 Å². The normalized spacial score (nSPS) is 33.0. The lowest BCUT2D eigenvalue weighted by Gasteiger charge is -2.02. The lowest BCUT2D eigenvalue weighted by Crippen LogP contribution is -2.15. The summed E-state index contributed by atoms with van der Waals surface area (Å²) in [6.07, 6.45) is -0.432. The third-order valence-electron chi connectivity index (χ3n) is 1.23. The van der Waals surface area contributed by atoms with E-state index < -0.39 is 12.5 Å². The van der Waals surface area contributed by atoms with E-state index in [1.165, 1.54) is 0 Å². The maximum absolute atomic E-state index is 12.2. The Morgan fingerprint density at radius 2 is 2.33 bits per heavy atom. The van der Waals surface area contributed by atoms with Gasteiger partial charge in [-0.05, 0) is 0 Å². The van der Waals surface area contributed by atoms with Crippen LogP contribution in [0.15, 0.2) is 0 Å². The van der Waals surface area contributed by atoms with Gasteiger partial charge >= 0.3 is 0 Å². The molecule has 9 heavy (non-hydrogen) atoms. The van der Waals surface area contributed by atoms with Gasteiger partial charge in [0, 0.05) is 11.8 Å². The van der Waals surface area contributed by atoms with E-state index in [-0.39, 0.29) is 12.5 Å². The maximum atomic E-state index is 12.2. The van der Waals surface area contributed by atoms with E-state index in [1.807, 2.05) is 0 Å². The van der Waals surface area contributed by atoms with E-state index in [2.05, 4.69) is 15.9 Å². The minimum absolute atomic E-state index is 0.141. The van der Waals surface area contributed by atoms with Gasteiger partial charge in [-0.15, -0.1) is 0 Å². The van der Waals surface area contributed by atoms with E-state index in [0.717, 1.165) is 0 Å². The molecular weight excluding hydrogens is 194 g/mol. The average molecular weight is 201 g/mol. The Morgan fingerprint density at radius 1 is 1.67 bits per heavy atom. The first kappa shape index (κ1) is 7.41. The van der Waals surface area contributed by atoms with Crippen molar-refractivity contribution in [1.29, 1.82) is 0 Å². The van der Waals surface area contributed by atoms with Crippen LogP contribution in [0.1, 0.15) is 6.42 Å². The minimum Gasteiger partial charge on any atom is -0.371 e. The summed E-state index contributed by atoms with van der Waals surface area (Å²) in [4.78, 5) is 0. The molecule has 0 unspecified atom stereocenters. The van der Waals surface area contributed by atoms with Crippen molar-refractivity contribution in [3.05, 3.63) is 0 Å². The zero-order valence-electron chi connectivity index (χ0n) is 4.74. The predicted molar refractivity (Wildman–Crippen MR) is 33.1 cm³/mol. The van der Waals surface area contributed by atoms with Crippen LogP contribution in [0, 0.1) is 0 Å². The highest BCUT2D eigenvalue weighted by Gasteiger charge is 2.39. The van der Waals surface area contributed by atoms with Crippen LogP contribution in [0.3, 0.4) is 0 Å². The average Bonchev–Trinajstić information content (AvgIpc) is 2.10. The van der Waals surface area contributed by atoms with Gasteiger partial charge < -0.3 is 4.74 Å². The molecule has 0 spiro atoms. The molecule has 1 nitrogen and oxygen atoms in total. The number of halogens is 3. The van der Waals surface area contributed by atoms with Crippen molar-refractivity contribution in [3.63, 3.8) is 0 Å². The highest BCUT2D eigenvalue weighted by molar-refractivity contribution is 9.09. The van der Waals surface area contributed by atoms with E-state index >= 15 is 0 Å². The van der Waals surface area contributed by atoms with E-state index in [9.17, 15) is 8.78 Å². The number of hydrogen-bond donors (Lipinski definition) is 0. The Morgan fingerprint density at radius 3 is 2.56 bits per heavy atom. The Kier molecular flexibility index (Phi) is 2.06. The van der Waals surface area contributed by atoms with Gasteiger partial charge in [0.2, 0.25) is 0 Å². The van der Waals surface area contributed by atoms with Gasteiger partial charge in [-0.2, -0.15) is 0 Å². The molecule has 54 valence electrons. The molecule has 0 bridgehead atoms. The van der Waals surface area contributed by atoms with Crippen LogP contribution in [0.25, 0.3) is 0 Å². The Hall–Kier alpha value is 0.300. The maximum Gasteiger partial charge on any atom is 0.273 e. The summed E-state index contributed by atoms with van der Waals surface area (Å²) >= 11 is 3.07. The van der Waals surface area contributed by atoms with Crippen LogP contribution < -0.4 is 0 Å². The fourth-order valence-electron chi connectivity index (χ4n) is 0.790. The van der Waals surface area contributed by atoms with Crippen LogP contribution in [0.5, 0.6) is 0 Å². The Bertz CT molecular complexity index is 107. The van der Waals surface area contributed by atoms with Crippen LogP contribution in [0.4, 0.5) is 8.78 Å². The summed E-state index contributed by atoms with van der Waals surface area (Å²) in [7, 11) is 0. The van der Waals surface area contributed by atoms with E-state index in [0.29, 0.717) is 5.33 Å². The molecule has 0 radical (unpaired) electrons. The molecule has 4 heteroatoms. The molecule has 1 fully saturated rings. The Labute approximate surface area is 60.5 Å². The first-order chi connectivity index (χ1) is 4.14. The monoisotopic (exact) mass is 200 g/mol. The third-order valence-corrected chi connectivity index (χ3v) is 1.95.